The number of fused-ring (bicyclic) bond motifs is 2. The van der Waals surface area contributed by atoms with E-state index >= 15 is 0 Å². The molecule has 0 atom stereocenters. The monoisotopic (exact) mass is 327 g/mol. The van der Waals surface area contributed by atoms with Crippen LogP contribution in [0, 0.1) is 0 Å². The summed E-state index contributed by atoms with van der Waals surface area (Å²) >= 11 is 0. The van der Waals surface area contributed by atoms with Gasteiger partial charge in [0, 0.05) is 50.5 Å². The molecule has 1 fully saturated rings. The fraction of sp³-hybridized carbons (Fsp3) is 0.619. The van der Waals surface area contributed by atoms with E-state index < -0.39 is 0 Å². The van der Waals surface area contributed by atoms with Crippen molar-refractivity contribution in [2.75, 3.05) is 46.3 Å². The number of hydrogen-bond acceptors (Lipinski definition) is 3. The highest BCUT2D eigenvalue weighted by atomic mass is 15.2. The Morgan fingerprint density at radius 1 is 1.12 bits per heavy atom. The van der Waals surface area contributed by atoms with Gasteiger partial charge < -0.3 is 4.90 Å². The largest absolute Gasteiger partial charge is 0.375 e. The van der Waals surface area contributed by atoms with E-state index in [0.29, 0.717) is 0 Å². The highest BCUT2D eigenvalue weighted by molar-refractivity contribution is 5.37. The predicted octanol–water partition coefficient (Wildman–Crippen LogP) is 3.32. The molecule has 3 rings (SSSR count). The Kier molecular flexibility index (Phi) is 5.31. The topological polar surface area (TPSA) is 9.72 Å². The Morgan fingerprint density at radius 3 is 2.46 bits per heavy atom. The van der Waals surface area contributed by atoms with Gasteiger partial charge in [-0.3, -0.25) is 9.80 Å². The van der Waals surface area contributed by atoms with Gasteiger partial charge in [0.25, 0.3) is 0 Å². The molecule has 1 saturated heterocycles. The van der Waals surface area contributed by atoms with Crippen molar-refractivity contribution >= 4 is 0 Å². The fourth-order valence-corrected chi connectivity index (χ4v) is 4.66. The van der Waals surface area contributed by atoms with Crippen LogP contribution < -0.4 is 0 Å². The van der Waals surface area contributed by atoms with Gasteiger partial charge in [-0.1, -0.05) is 30.8 Å². The summed E-state index contributed by atoms with van der Waals surface area (Å²) < 4.78 is 0. The van der Waals surface area contributed by atoms with Crippen molar-refractivity contribution in [3.63, 3.8) is 0 Å². The summed E-state index contributed by atoms with van der Waals surface area (Å²) in [6.07, 6.45) is 3.65. The van der Waals surface area contributed by atoms with Crippen molar-refractivity contribution < 1.29 is 0 Å². The second kappa shape index (κ2) is 7.28. The lowest BCUT2D eigenvalue weighted by atomic mass is 9.74. The number of rotatable bonds is 5. The zero-order valence-electron chi connectivity index (χ0n) is 15.7. The normalized spacial score (nSPS) is 20.8. The number of likely N-dealkylation sites (N-methyl/N-ethyl adjacent to an activating group) is 2. The molecule has 0 aromatic heterocycles. The molecule has 0 bridgehead atoms. The lowest BCUT2D eigenvalue weighted by Crippen LogP contribution is -2.55. The zero-order valence-corrected chi connectivity index (χ0v) is 15.7. The molecule has 2 aliphatic heterocycles. The maximum Gasteiger partial charge on any atom is 0.0484 e. The van der Waals surface area contributed by atoms with Crippen LogP contribution in [-0.2, 0) is 12.0 Å². The molecule has 1 aromatic rings. The number of nitrogens with zero attached hydrogens (tertiary/aromatic N) is 3. The second-order valence-corrected chi connectivity index (χ2v) is 7.37. The first kappa shape index (κ1) is 17.5. The third-order valence-electron chi connectivity index (χ3n) is 6.27. The van der Waals surface area contributed by atoms with E-state index in [1.165, 1.54) is 44.6 Å². The van der Waals surface area contributed by atoms with Gasteiger partial charge in [0.15, 0.2) is 0 Å². The molecule has 0 amide bonds. The van der Waals surface area contributed by atoms with Crippen LogP contribution in [0.1, 0.15) is 37.8 Å². The van der Waals surface area contributed by atoms with Crippen LogP contribution in [0.5, 0.6) is 0 Å². The lowest BCUT2D eigenvalue weighted by molar-refractivity contribution is 0.0290. The van der Waals surface area contributed by atoms with E-state index in [2.05, 4.69) is 66.4 Å². The first-order valence-corrected chi connectivity index (χ1v) is 9.55. The molecular weight excluding hydrogens is 294 g/mol. The fourth-order valence-electron chi connectivity index (χ4n) is 4.66. The van der Waals surface area contributed by atoms with Gasteiger partial charge in [0.2, 0.25) is 0 Å². The van der Waals surface area contributed by atoms with E-state index in [-0.39, 0.29) is 5.54 Å². The summed E-state index contributed by atoms with van der Waals surface area (Å²) in [5.41, 5.74) is 4.67. The maximum atomic E-state index is 4.32. The standard InChI is InChI=1S/C21H33N3/c1-5-24(6-2)18(3)17-23-15-12-21(13-16-23)20-10-8-7-9-19(20)11-14-22(21)4/h7-10H,3,5-6,11-17H2,1-2,4H3. The molecule has 0 saturated carbocycles. The van der Waals surface area contributed by atoms with E-state index in [9.17, 15) is 0 Å². The highest BCUT2D eigenvalue weighted by Gasteiger charge is 2.42. The first-order chi connectivity index (χ1) is 11.6. The third kappa shape index (κ3) is 3.12. The quantitative estimate of drug-likeness (QED) is 0.821. The molecule has 3 heteroatoms. The van der Waals surface area contributed by atoms with Crippen molar-refractivity contribution in [1.29, 1.82) is 0 Å². The Hall–Kier alpha value is -1.32. The summed E-state index contributed by atoms with van der Waals surface area (Å²) in [6.45, 7) is 15.4. The van der Waals surface area contributed by atoms with Crippen LogP contribution >= 0.6 is 0 Å². The molecular formula is C21H33N3. The van der Waals surface area contributed by atoms with Crippen LogP contribution in [0.3, 0.4) is 0 Å². The number of hydrogen-bond donors (Lipinski definition) is 0. The van der Waals surface area contributed by atoms with Crippen molar-refractivity contribution in [3.05, 3.63) is 47.7 Å². The summed E-state index contributed by atoms with van der Waals surface area (Å²) in [7, 11) is 2.32. The number of benzene rings is 1. The molecule has 132 valence electrons. The van der Waals surface area contributed by atoms with Gasteiger partial charge in [0.1, 0.15) is 0 Å². The molecule has 2 heterocycles. The smallest absolute Gasteiger partial charge is 0.0484 e. The van der Waals surface area contributed by atoms with Gasteiger partial charge in [-0.05, 0) is 51.3 Å². The van der Waals surface area contributed by atoms with Crippen molar-refractivity contribution in [3.8, 4) is 0 Å². The summed E-state index contributed by atoms with van der Waals surface area (Å²) in [6, 6.07) is 9.11. The van der Waals surface area contributed by atoms with Crippen molar-refractivity contribution in [2.24, 2.45) is 0 Å². The molecule has 1 spiro atoms. The number of piperidine rings is 1. The van der Waals surface area contributed by atoms with E-state index in [4.69, 9.17) is 0 Å². The SMILES string of the molecule is C=C(CN1CCC2(CC1)c1ccccc1CCN2C)N(CC)CC. The van der Waals surface area contributed by atoms with Crippen LogP contribution in [0.2, 0.25) is 0 Å². The zero-order chi connectivity index (χ0) is 17.2. The summed E-state index contributed by atoms with van der Waals surface area (Å²) in [4.78, 5) is 7.59. The Bertz CT molecular complexity index is 568. The number of likely N-dealkylation sites (tertiary alicyclic amines) is 1. The van der Waals surface area contributed by atoms with E-state index in [1.807, 2.05) is 0 Å². The molecule has 0 radical (unpaired) electrons. The summed E-state index contributed by atoms with van der Waals surface area (Å²) in [5, 5.41) is 0. The van der Waals surface area contributed by atoms with Crippen LogP contribution in [0.25, 0.3) is 0 Å². The Morgan fingerprint density at radius 2 is 1.79 bits per heavy atom. The average molecular weight is 328 g/mol. The van der Waals surface area contributed by atoms with Crippen molar-refractivity contribution in [1.82, 2.24) is 14.7 Å². The summed E-state index contributed by atoms with van der Waals surface area (Å²) in [5.74, 6) is 0. The van der Waals surface area contributed by atoms with Gasteiger partial charge in [0.05, 0.1) is 0 Å². The predicted molar refractivity (Wildman–Crippen MR) is 102 cm³/mol. The van der Waals surface area contributed by atoms with Crippen LogP contribution in [-0.4, -0.2) is 61.0 Å². The third-order valence-corrected chi connectivity index (χ3v) is 6.27. The Labute approximate surface area is 147 Å². The molecule has 0 N–H and O–H groups in total. The van der Waals surface area contributed by atoms with Crippen molar-refractivity contribution in [2.45, 2.75) is 38.6 Å². The van der Waals surface area contributed by atoms with E-state index in [1.54, 1.807) is 11.1 Å². The first-order valence-electron chi connectivity index (χ1n) is 9.55. The molecule has 24 heavy (non-hydrogen) atoms. The minimum absolute atomic E-state index is 0.252. The molecule has 0 aliphatic carbocycles. The minimum atomic E-state index is 0.252. The van der Waals surface area contributed by atoms with Gasteiger partial charge in [-0.2, -0.15) is 0 Å². The molecule has 1 aromatic carbocycles. The Balaban J connectivity index is 1.69. The molecule has 3 nitrogen and oxygen atoms in total. The van der Waals surface area contributed by atoms with E-state index in [0.717, 1.165) is 19.6 Å². The maximum absolute atomic E-state index is 4.32. The molecule has 2 aliphatic rings. The average Bonchev–Trinajstić information content (AvgIpc) is 2.61. The lowest BCUT2D eigenvalue weighted by Gasteiger charge is -2.51. The second-order valence-electron chi connectivity index (χ2n) is 7.37. The van der Waals surface area contributed by atoms with Gasteiger partial charge in [-0.15, -0.1) is 0 Å². The highest BCUT2D eigenvalue weighted by Crippen LogP contribution is 2.42. The van der Waals surface area contributed by atoms with Gasteiger partial charge >= 0.3 is 0 Å². The van der Waals surface area contributed by atoms with Crippen LogP contribution in [0.4, 0.5) is 0 Å². The van der Waals surface area contributed by atoms with Gasteiger partial charge in [-0.25, -0.2) is 0 Å². The molecule has 0 unspecified atom stereocenters. The minimum Gasteiger partial charge on any atom is -0.375 e. The van der Waals surface area contributed by atoms with Crippen LogP contribution in [0.15, 0.2) is 36.5 Å².